The molecule has 1 aromatic heterocycles. The molecular weight excluding hydrogens is 320 g/mol. The lowest BCUT2D eigenvalue weighted by molar-refractivity contribution is -0.115. The number of halogens is 2. The van der Waals surface area contributed by atoms with E-state index in [-0.39, 0.29) is 5.69 Å². The zero-order chi connectivity index (χ0) is 17.1. The maximum absolute atomic E-state index is 13.6. The zero-order valence-corrected chi connectivity index (χ0v) is 14.1. The van der Waals surface area contributed by atoms with Crippen molar-refractivity contribution in [2.45, 2.75) is 38.1 Å². The molecule has 2 aromatic rings. The molecule has 0 fully saturated rings. The van der Waals surface area contributed by atoms with Crippen LogP contribution in [0.5, 0.6) is 0 Å². The van der Waals surface area contributed by atoms with Crippen molar-refractivity contribution in [2.75, 3.05) is 5.32 Å². The number of rotatable bonds is 4. The Morgan fingerprint density at radius 3 is 2.39 bits per heavy atom. The normalized spacial score (nSPS) is 12.1. The van der Waals surface area contributed by atoms with E-state index in [9.17, 15) is 13.6 Å². The third-order valence-corrected chi connectivity index (χ3v) is 4.41. The number of aromatic nitrogens is 2. The molecule has 1 amide bonds. The summed E-state index contributed by atoms with van der Waals surface area (Å²) in [5.74, 6) is -1.75. The Morgan fingerprint density at radius 2 is 1.78 bits per heavy atom. The first-order chi connectivity index (χ1) is 10.8. The van der Waals surface area contributed by atoms with Crippen LogP contribution < -0.4 is 5.32 Å². The highest BCUT2D eigenvalue weighted by Gasteiger charge is 2.18. The van der Waals surface area contributed by atoms with Crippen LogP contribution in [0.2, 0.25) is 0 Å². The zero-order valence-electron chi connectivity index (χ0n) is 13.3. The van der Waals surface area contributed by atoms with Gasteiger partial charge in [-0.3, -0.25) is 4.79 Å². The Hall–Kier alpha value is -2.02. The van der Waals surface area contributed by atoms with Gasteiger partial charge in [-0.25, -0.2) is 18.7 Å². The maximum atomic E-state index is 13.6. The Bertz CT molecular complexity index is 729. The highest BCUT2D eigenvalue weighted by atomic mass is 32.2. The fraction of sp³-hybridized carbons (Fsp3) is 0.312. The fourth-order valence-corrected chi connectivity index (χ4v) is 2.69. The third-order valence-electron chi connectivity index (χ3n) is 3.45. The van der Waals surface area contributed by atoms with Gasteiger partial charge >= 0.3 is 0 Å². The van der Waals surface area contributed by atoms with Crippen molar-refractivity contribution in [3.05, 3.63) is 46.8 Å². The number of thioether (sulfide) groups is 1. The molecular formula is C16H17F2N3OS. The minimum atomic E-state index is -0.685. The lowest BCUT2D eigenvalue weighted by Gasteiger charge is -2.13. The Morgan fingerprint density at radius 1 is 1.17 bits per heavy atom. The van der Waals surface area contributed by atoms with Gasteiger partial charge in [-0.15, -0.1) is 0 Å². The molecule has 23 heavy (non-hydrogen) atoms. The summed E-state index contributed by atoms with van der Waals surface area (Å²) in [6.07, 6.45) is 0. The van der Waals surface area contributed by atoms with Gasteiger partial charge in [0.15, 0.2) is 5.16 Å². The molecule has 1 heterocycles. The van der Waals surface area contributed by atoms with Crippen LogP contribution in [0.3, 0.4) is 0 Å². The number of amides is 1. The molecule has 2 rings (SSSR count). The monoisotopic (exact) mass is 337 g/mol. The van der Waals surface area contributed by atoms with Gasteiger partial charge in [0.1, 0.15) is 11.6 Å². The lowest BCUT2D eigenvalue weighted by Crippen LogP contribution is -2.23. The summed E-state index contributed by atoms with van der Waals surface area (Å²) in [7, 11) is 0. The Balaban J connectivity index is 2.10. The van der Waals surface area contributed by atoms with Gasteiger partial charge in [-0.1, -0.05) is 11.8 Å². The molecule has 1 N–H and O–H groups in total. The van der Waals surface area contributed by atoms with E-state index in [1.54, 1.807) is 6.92 Å². The number of carbonyl (C=O) groups excluding carboxylic acids is 1. The number of hydrogen-bond acceptors (Lipinski definition) is 4. The minimum Gasteiger partial charge on any atom is -0.323 e. The highest BCUT2D eigenvalue weighted by Crippen LogP contribution is 2.23. The van der Waals surface area contributed by atoms with Crippen LogP contribution in [0, 0.1) is 32.4 Å². The van der Waals surface area contributed by atoms with Crippen molar-refractivity contribution < 1.29 is 13.6 Å². The largest absolute Gasteiger partial charge is 0.323 e. The van der Waals surface area contributed by atoms with E-state index in [1.807, 2.05) is 20.8 Å². The number of aryl methyl sites for hydroxylation is 2. The number of benzene rings is 1. The van der Waals surface area contributed by atoms with E-state index in [4.69, 9.17) is 0 Å². The van der Waals surface area contributed by atoms with Crippen molar-refractivity contribution in [1.29, 1.82) is 0 Å². The molecule has 0 radical (unpaired) electrons. The molecule has 1 atom stereocenters. The van der Waals surface area contributed by atoms with Crippen molar-refractivity contribution in [3.8, 4) is 0 Å². The summed E-state index contributed by atoms with van der Waals surface area (Å²) < 4.78 is 26.7. The first-order valence-electron chi connectivity index (χ1n) is 7.02. The summed E-state index contributed by atoms with van der Waals surface area (Å²) >= 11 is 1.17. The lowest BCUT2D eigenvalue weighted by atomic mass is 10.2. The van der Waals surface area contributed by atoms with E-state index in [1.165, 1.54) is 11.8 Å². The molecule has 122 valence electrons. The average molecular weight is 337 g/mol. The predicted molar refractivity (Wildman–Crippen MR) is 86.5 cm³/mol. The van der Waals surface area contributed by atoms with E-state index in [0.717, 1.165) is 35.2 Å². The van der Waals surface area contributed by atoms with Gasteiger partial charge in [-0.2, -0.15) is 0 Å². The Kier molecular flexibility index (Phi) is 5.30. The van der Waals surface area contributed by atoms with Crippen LogP contribution in [0.4, 0.5) is 14.5 Å². The summed E-state index contributed by atoms with van der Waals surface area (Å²) in [5, 5.41) is 2.30. The second kappa shape index (κ2) is 7.04. The second-order valence-electron chi connectivity index (χ2n) is 5.18. The quantitative estimate of drug-likeness (QED) is 0.681. The van der Waals surface area contributed by atoms with Crippen molar-refractivity contribution in [1.82, 2.24) is 9.97 Å². The number of nitrogens with zero attached hydrogens (tertiary/aromatic N) is 2. The van der Waals surface area contributed by atoms with Gasteiger partial charge in [0, 0.05) is 17.5 Å². The van der Waals surface area contributed by atoms with E-state index in [0.29, 0.717) is 5.16 Å². The standard InChI is InChI=1S/C16H17F2N3OS/c1-8-9(2)19-16(20-10(8)3)23-11(4)15(22)21-14-7-12(17)5-6-13(14)18/h5-7,11H,1-4H3,(H,21,22)/t11-/m0/s1. The van der Waals surface area contributed by atoms with E-state index >= 15 is 0 Å². The fourth-order valence-electron chi connectivity index (χ4n) is 1.83. The van der Waals surface area contributed by atoms with Crippen LogP contribution >= 0.6 is 11.8 Å². The van der Waals surface area contributed by atoms with Crippen molar-refractivity contribution in [2.24, 2.45) is 0 Å². The van der Waals surface area contributed by atoms with E-state index < -0.39 is 22.8 Å². The third kappa shape index (κ3) is 4.25. The molecule has 0 saturated carbocycles. The molecule has 0 saturated heterocycles. The molecule has 0 aliphatic carbocycles. The van der Waals surface area contributed by atoms with Gasteiger partial charge in [-0.05, 0) is 45.4 Å². The summed E-state index contributed by atoms with van der Waals surface area (Å²) in [4.78, 5) is 20.8. The van der Waals surface area contributed by atoms with Gasteiger partial charge in [0.25, 0.3) is 0 Å². The van der Waals surface area contributed by atoms with Crippen LogP contribution in [-0.2, 0) is 4.79 Å². The van der Waals surface area contributed by atoms with Crippen molar-refractivity contribution in [3.63, 3.8) is 0 Å². The number of nitrogens with one attached hydrogen (secondary N) is 1. The molecule has 0 unspecified atom stereocenters. The summed E-state index contributed by atoms with van der Waals surface area (Å²) in [6.45, 7) is 7.34. The molecule has 0 aliphatic rings. The van der Waals surface area contributed by atoms with E-state index in [2.05, 4.69) is 15.3 Å². The smallest absolute Gasteiger partial charge is 0.237 e. The van der Waals surface area contributed by atoms with Crippen LogP contribution in [0.1, 0.15) is 23.9 Å². The summed E-state index contributed by atoms with van der Waals surface area (Å²) in [5.41, 5.74) is 2.53. The van der Waals surface area contributed by atoms with Gasteiger partial charge in [0.2, 0.25) is 5.91 Å². The van der Waals surface area contributed by atoms with Gasteiger partial charge in [0.05, 0.1) is 10.9 Å². The molecule has 0 aliphatic heterocycles. The second-order valence-corrected chi connectivity index (χ2v) is 6.48. The number of carbonyl (C=O) groups is 1. The van der Waals surface area contributed by atoms with Crippen LogP contribution in [-0.4, -0.2) is 21.1 Å². The first-order valence-corrected chi connectivity index (χ1v) is 7.90. The molecule has 0 spiro atoms. The van der Waals surface area contributed by atoms with Crippen LogP contribution in [0.15, 0.2) is 23.4 Å². The predicted octanol–water partition coefficient (Wildman–Crippen LogP) is 3.80. The molecule has 1 aromatic carbocycles. The molecule has 0 bridgehead atoms. The minimum absolute atomic E-state index is 0.181. The SMILES string of the molecule is Cc1nc(S[C@@H](C)C(=O)Nc2cc(F)ccc2F)nc(C)c1C. The molecule has 7 heteroatoms. The molecule has 4 nitrogen and oxygen atoms in total. The topological polar surface area (TPSA) is 54.9 Å². The first kappa shape index (κ1) is 17.3. The average Bonchev–Trinajstić information content (AvgIpc) is 2.48. The Labute approximate surface area is 137 Å². The van der Waals surface area contributed by atoms with Gasteiger partial charge < -0.3 is 5.32 Å². The maximum Gasteiger partial charge on any atom is 0.237 e. The number of anilines is 1. The highest BCUT2D eigenvalue weighted by molar-refractivity contribution is 8.00. The summed E-state index contributed by atoms with van der Waals surface area (Å²) in [6, 6.07) is 2.91. The number of hydrogen-bond donors (Lipinski definition) is 1. The van der Waals surface area contributed by atoms with Crippen molar-refractivity contribution >= 4 is 23.4 Å². The van der Waals surface area contributed by atoms with Crippen LogP contribution in [0.25, 0.3) is 0 Å².